The van der Waals surface area contributed by atoms with Gasteiger partial charge in [-0.2, -0.15) is 14.4 Å². The Hall–Kier alpha value is -3.69. The van der Waals surface area contributed by atoms with E-state index in [4.69, 9.17) is 4.74 Å². The van der Waals surface area contributed by atoms with Crippen LogP contribution in [0, 0.1) is 11.9 Å². The predicted molar refractivity (Wildman–Crippen MR) is 123 cm³/mol. The molecule has 0 saturated heterocycles. The number of imidazole rings is 1. The van der Waals surface area contributed by atoms with Crippen molar-refractivity contribution in [1.82, 2.24) is 29.2 Å². The van der Waals surface area contributed by atoms with Gasteiger partial charge in [-0.1, -0.05) is 0 Å². The summed E-state index contributed by atoms with van der Waals surface area (Å²) >= 11 is 0. The molecule has 4 heterocycles. The van der Waals surface area contributed by atoms with Gasteiger partial charge in [-0.15, -0.1) is 0 Å². The lowest BCUT2D eigenvalue weighted by atomic mass is 9.85. The van der Waals surface area contributed by atoms with Crippen molar-refractivity contribution in [1.29, 1.82) is 0 Å². The number of amides is 1. The molecule has 4 aromatic heterocycles. The summed E-state index contributed by atoms with van der Waals surface area (Å²) in [6, 6.07) is 3.83. The van der Waals surface area contributed by atoms with Crippen molar-refractivity contribution in [2.45, 2.75) is 31.7 Å². The molecule has 10 heteroatoms. The zero-order chi connectivity index (χ0) is 23.1. The summed E-state index contributed by atoms with van der Waals surface area (Å²) in [5.41, 5.74) is 2.76. The fourth-order valence-electron chi connectivity index (χ4n) is 4.58. The lowest BCUT2D eigenvalue weighted by Gasteiger charge is -2.29. The molecule has 5 rings (SSSR count). The van der Waals surface area contributed by atoms with Crippen LogP contribution in [0.4, 0.5) is 10.3 Å². The molecule has 0 spiro atoms. The van der Waals surface area contributed by atoms with Crippen molar-refractivity contribution in [3.8, 4) is 17.0 Å². The quantitative estimate of drug-likeness (QED) is 0.482. The Morgan fingerprint density at radius 1 is 1.24 bits per heavy atom. The first-order valence-corrected chi connectivity index (χ1v) is 11.0. The van der Waals surface area contributed by atoms with Crippen molar-refractivity contribution < 1.29 is 13.9 Å². The van der Waals surface area contributed by atoms with E-state index in [9.17, 15) is 9.18 Å². The van der Waals surface area contributed by atoms with Crippen molar-refractivity contribution in [3.05, 3.63) is 36.7 Å². The van der Waals surface area contributed by atoms with Crippen LogP contribution in [0.3, 0.4) is 0 Å². The molecule has 2 N–H and O–H groups in total. The molecule has 0 aliphatic heterocycles. The molecular weight excluding hydrogens is 425 g/mol. The normalized spacial score (nSPS) is 18.5. The first kappa shape index (κ1) is 21.2. The van der Waals surface area contributed by atoms with Crippen LogP contribution < -0.4 is 10.1 Å². The molecule has 9 nitrogen and oxygen atoms in total. The molecule has 0 unspecified atom stereocenters. The Bertz CT molecular complexity index is 1320. The minimum absolute atomic E-state index is 0.0830. The fourth-order valence-corrected chi connectivity index (χ4v) is 4.58. The molecule has 1 aliphatic carbocycles. The van der Waals surface area contributed by atoms with E-state index in [2.05, 4.69) is 25.3 Å². The highest BCUT2D eigenvalue weighted by molar-refractivity contribution is 5.97. The number of nitrogens with zero attached hydrogens (tertiary/aromatic N) is 5. The second-order valence-electron chi connectivity index (χ2n) is 8.63. The highest BCUT2D eigenvalue weighted by Gasteiger charge is 2.28. The highest BCUT2D eigenvalue weighted by atomic mass is 19.1. The van der Waals surface area contributed by atoms with Crippen molar-refractivity contribution >= 4 is 28.5 Å². The number of halogens is 1. The second kappa shape index (κ2) is 8.34. The number of fused-ring (bicyclic) bond motifs is 2. The van der Waals surface area contributed by atoms with Crippen molar-refractivity contribution in [3.63, 3.8) is 0 Å². The smallest absolute Gasteiger partial charge is 0.228 e. The van der Waals surface area contributed by atoms with Crippen molar-refractivity contribution in [2.24, 2.45) is 5.92 Å². The monoisotopic (exact) mass is 451 g/mol. The number of anilines is 1. The molecule has 1 saturated carbocycles. The maximum Gasteiger partial charge on any atom is 0.228 e. The highest BCUT2D eigenvalue weighted by Crippen LogP contribution is 2.35. The second-order valence-corrected chi connectivity index (χ2v) is 8.63. The Morgan fingerprint density at radius 3 is 2.76 bits per heavy atom. The van der Waals surface area contributed by atoms with E-state index in [0.29, 0.717) is 23.1 Å². The number of rotatable bonds is 5. The summed E-state index contributed by atoms with van der Waals surface area (Å²) in [7, 11) is 5.17. The number of hydrogen-bond acceptors (Lipinski definition) is 6. The van der Waals surface area contributed by atoms with Crippen LogP contribution in [-0.4, -0.2) is 62.4 Å². The zero-order valence-corrected chi connectivity index (χ0v) is 18.8. The maximum absolute atomic E-state index is 14.0. The van der Waals surface area contributed by atoms with Gasteiger partial charge in [0.1, 0.15) is 11.3 Å². The number of aromatic nitrogens is 5. The van der Waals surface area contributed by atoms with E-state index in [1.807, 2.05) is 12.3 Å². The Balaban J connectivity index is 1.40. The lowest BCUT2D eigenvalue weighted by Crippen LogP contribution is -2.35. The summed E-state index contributed by atoms with van der Waals surface area (Å²) in [6.07, 6.45) is 8.14. The molecule has 4 aromatic rings. The van der Waals surface area contributed by atoms with E-state index < -0.39 is 5.95 Å². The van der Waals surface area contributed by atoms with Gasteiger partial charge in [-0.3, -0.25) is 9.20 Å². The summed E-state index contributed by atoms with van der Waals surface area (Å²) in [4.78, 5) is 30.4. The molecule has 0 aromatic carbocycles. The summed E-state index contributed by atoms with van der Waals surface area (Å²) in [6.45, 7) is 0. The van der Waals surface area contributed by atoms with Crippen LogP contribution in [0.15, 0.2) is 30.7 Å². The molecular formula is C23H26FN7O2. The lowest BCUT2D eigenvalue weighted by molar-refractivity contribution is -0.133. The van der Waals surface area contributed by atoms with Gasteiger partial charge in [0.25, 0.3) is 0 Å². The fraction of sp³-hybridized carbons (Fsp3) is 0.391. The van der Waals surface area contributed by atoms with E-state index in [1.54, 1.807) is 38.4 Å². The summed E-state index contributed by atoms with van der Waals surface area (Å²) in [5, 5.41) is 4.13. The molecule has 1 amide bonds. The third-order valence-corrected chi connectivity index (χ3v) is 6.31. The largest absolute Gasteiger partial charge is 0.480 e. The molecule has 0 bridgehead atoms. The predicted octanol–water partition coefficient (Wildman–Crippen LogP) is 3.48. The number of methoxy groups -OCH3 is 1. The third kappa shape index (κ3) is 3.85. The van der Waals surface area contributed by atoms with E-state index in [-0.39, 0.29) is 17.9 Å². The molecule has 0 atom stereocenters. The van der Waals surface area contributed by atoms with E-state index >= 15 is 0 Å². The molecule has 1 aliphatic rings. The van der Waals surface area contributed by atoms with Gasteiger partial charge in [-0.25, -0.2) is 4.98 Å². The summed E-state index contributed by atoms with van der Waals surface area (Å²) < 4.78 is 21.0. The van der Waals surface area contributed by atoms with Crippen LogP contribution in [0.5, 0.6) is 5.88 Å². The van der Waals surface area contributed by atoms with Crippen molar-refractivity contribution in [2.75, 3.05) is 26.5 Å². The molecule has 172 valence electrons. The number of hydrogen-bond donors (Lipinski definition) is 2. The SMILES string of the molecule is COc1nc(N[C@H]2CC[C@@H](C(=O)N(C)C)CC2)nc2[nH]cc(-c3ccc4ncc(F)n4c3)c12. The maximum atomic E-state index is 14.0. The van der Waals surface area contributed by atoms with Crippen LogP contribution >= 0.6 is 0 Å². The Morgan fingerprint density at radius 2 is 2.03 bits per heavy atom. The average Bonchev–Trinajstić information content (AvgIpc) is 3.42. The van der Waals surface area contributed by atoms with Gasteiger partial charge >= 0.3 is 0 Å². The van der Waals surface area contributed by atoms with Crippen LogP contribution in [0.25, 0.3) is 27.8 Å². The standard InChI is InChI=1S/C23H26FN7O2/c1-30(2)22(32)13-4-7-15(8-5-13)27-23-28-20-19(21(29-23)33-3)16(10-26-20)14-6-9-18-25-11-17(24)31(18)12-14/h6,9-13,15H,4-5,7-8H2,1-3H3,(H2,26,27,28,29)/t13-,15+. The number of pyridine rings is 1. The first-order chi connectivity index (χ1) is 15.9. The molecule has 1 fully saturated rings. The Labute approximate surface area is 190 Å². The third-order valence-electron chi connectivity index (χ3n) is 6.31. The Kier molecular flexibility index (Phi) is 5.35. The van der Waals surface area contributed by atoms with Crippen LogP contribution in [0.2, 0.25) is 0 Å². The number of ether oxygens (including phenoxy) is 1. The number of H-pyrrole nitrogens is 1. The van der Waals surface area contributed by atoms with Crippen LogP contribution in [-0.2, 0) is 4.79 Å². The van der Waals surface area contributed by atoms with Gasteiger partial charge in [-0.05, 0) is 37.8 Å². The molecule has 33 heavy (non-hydrogen) atoms. The summed E-state index contributed by atoms with van der Waals surface area (Å²) in [5.74, 6) is 0.760. The topological polar surface area (TPSA) is 100 Å². The van der Waals surface area contributed by atoms with Gasteiger partial charge < -0.3 is 19.9 Å². The number of carbonyl (C=O) groups excluding carboxylic acids is 1. The van der Waals surface area contributed by atoms with Crippen LogP contribution in [0.1, 0.15) is 25.7 Å². The van der Waals surface area contributed by atoms with Gasteiger partial charge in [0.05, 0.1) is 18.7 Å². The minimum Gasteiger partial charge on any atom is -0.480 e. The average molecular weight is 452 g/mol. The minimum atomic E-state index is -0.427. The van der Waals surface area contributed by atoms with E-state index in [0.717, 1.165) is 42.2 Å². The first-order valence-electron chi connectivity index (χ1n) is 11.0. The number of aromatic amines is 1. The van der Waals surface area contributed by atoms with Gasteiger partial charge in [0.15, 0.2) is 0 Å². The zero-order valence-electron chi connectivity index (χ0n) is 18.8. The number of nitrogens with one attached hydrogen (secondary N) is 2. The van der Waals surface area contributed by atoms with E-state index in [1.165, 1.54) is 10.6 Å². The van der Waals surface area contributed by atoms with Gasteiger partial charge in [0, 0.05) is 49.6 Å². The van der Waals surface area contributed by atoms with Gasteiger partial charge in [0.2, 0.25) is 23.7 Å². The number of carbonyl (C=O) groups is 1. The molecule has 0 radical (unpaired) electrons.